The van der Waals surface area contributed by atoms with Gasteiger partial charge >= 0.3 is 0 Å². The van der Waals surface area contributed by atoms with Crippen LogP contribution in [0.15, 0.2) is 42.9 Å². The second-order valence-corrected chi connectivity index (χ2v) is 3.23. The molecule has 86 valence electrons. The summed E-state index contributed by atoms with van der Waals surface area (Å²) in [6.45, 7) is 0. The largest absolute Gasteiger partial charge is 0.323 e. The van der Waals surface area contributed by atoms with Crippen molar-refractivity contribution in [3.63, 3.8) is 0 Å². The van der Waals surface area contributed by atoms with E-state index < -0.39 is 0 Å². The predicted molar refractivity (Wildman–Crippen MR) is 64.2 cm³/mol. The zero-order valence-electron chi connectivity index (χ0n) is 8.92. The van der Waals surface area contributed by atoms with Gasteiger partial charge in [-0.05, 0) is 18.2 Å². The van der Waals surface area contributed by atoms with Crippen molar-refractivity contribution in [3.05, 3.63) is 48.4 Å². The van der Waals surface area contributed by atoms with Crippen LogP contribution in [0.3, 0.4) is 0 Å². The highest BCUT2D eigenvalue weighted by molar-refractivity contribution is 6.07. The molecule has 2 heterocycles. The van der Waals surface area contributed by atoms with E-state index in [4.69, 9.17) is 5.84 Å². The van der Waals surface area contributed by atoms with Gasteiger partial charge in [0.15, 0.2) is 0 Å². The van der Waals surface area contributed by atoms with Crippen molar-refractivity contribution in [1.29, 1.82) is 0 Å². The summed E-state index contributed by atoms with van der Waals surface area (Å²) in [4.78, 5) is 19.8. The number of nitrogens with zero attached hydrogens (tertiary/aromatic N) is 2. The van der Waals surface area contributed by atoms with Crippen molar-refractivity contribution in [3.8, 4) is 0 Å². The number of hydrogen-bond donors (Lipinski definition) is 3. The van der Waals surface area contributed by atoms with E-state index in [0.29, 0.717) is 17.1 Å². The van der Waals surface area contributed by atoms with E-state index in [0.717, 1.165) is 0 Å². The molecule has 0 unspecified atom stereocenters. The van der Waals surface area contributed by atoms with Crippen molar-refractivity contribution >= 4 is 17.4 Å². The Hall–Kier alpha value is -2.47. The average Bonchev–Trinajstić information content (AvgIpc) is 2.40. The number of anilines is 2. The summed E-state index contributed by atoms with van der Waals surface area (Å²) in [5.41, 5.74) is 3.31. The minimum absolute atomic E-state index is 0.315. The molecule has 2 aromatic heterocycles. The van der Waals surface area contributed by atoms with E-state index in [-0.39, 0.29) is 5.91 Å². The molecule has 0 aliphatic carbocycles. The van der Waals surface area contributed by atoms with E-state index in [1.807, 2.05) is 0 Å². The molecule has 0 spiro atoms. The number of hydrogen-bond acceptors (Lipinski definition) is 5. The minimum atomic E-state index is -0.315. The van der Waals surface area contributed by atoms with E-state index in [1.165, 1.54) is 6.20 Å². The summed E-state index contributed by atoms with van der Waals surface area (Å²) >= 11 is 0. The molecule has 0 fully saturated rings. The monoisotopic (exact) mass is 229 g/mol. The van der Waals surface area contributed by atoms with Crippen LogP contribution in [-0.2, 0) is 0 Å². The normalized spacial score (nSPS) is 9.71. The topological polar surface area (TPSA) is 92.9 Å². The van der Waals surface area contributed by atoms with Crippen LogP contribution in [0.2, 0.25) is 0 Å². The fraction of sp³-hybridized carbons (Fsp3) is 0. The molecule has 4 N–H and O–H groups in total. The Morgan fingerprint density at radius 3 is 2.82 bits per heavy atom. The Labute approximate surface area is 97.9 Å². The average molecular weight is 229 g/mol. The smallest absolute Gasteiger partial charge is 0.260 e. The van der Waals surface area contributed by atoms with E-state index in [1.54, 1.807) is 36.7 Å². The molecule has 0 aromatic carbocycles. The molecule has 1 amide bonds. The zero-order chi connectivity index (χ0) is 12.1. The maximum atomic E-state index is 11.9. The summed E-state index contributed by atoms with van der Waals surface area (Å²) in [5, 5.41) is 2.65. The molecule has 0 atom stereocenters. The Balaban J connectivity index is 2.20. The Bertz CT molecular complexity index is 514. The molecular formula is C11H11N5O. The van der Waals surface area contributed by atoms with Crippen molar-refractivity contribution in [1.82, 2.24) is 9.97 Å². The summed E-state index contributed by atoms with van der Waals surface area (Å²) in [5.74, 6) is 5.47. The minimum Gasteiger partial charge on any atom is -0.323 e. The molecule has 0 aliphatic heterocycles. The van der Waals surface area contributed by atoms with Crippen molar-refractivity contribution in [2.75, 3.05) is 10.7 Å². The van der Waals surface area contributed by atoms with Crippen molar-refractivity contribution in [2.45, 2.75) is 0 Å². The lowest BCUT2D eigenvalue weighted by Crippen LogP contribution is -2.17. The van der Waals surface area contributed by atoms with Crippen LogP contribution in [0.4, 0.5) is 11.5 Å². The van der Waals surface area contributed by atoms with Crippen LogP contribution in [0.5, 0.6) is 0 Å². The summed E-state index contributed by atoms with van der Waals surface area (Å²) < 4.78 is 0. The highest BCUT2D eigenvalue weighted by Crippen LogP contribution is 2.13. The lowest BCUT2D eigenvalue weighted by atomic mass is 10.2. The maximum Gasteiger partial charge on any atom is 0.260 e. The van der Waals surface area contributed by atoms with E-state index in [2.05, 4.69) is 20.7 Å². The summed E-state index contributed by atoms with van der Waals surface area (Å²) in [7, 11) is 0. The maximum absolute atomic E-state index is 11.9. The van der Waals surface area contributed by atoms with Crippen LogP contribution in [0.25, 0.3) is 0 Å². The van der Waals surface area contributed by atoms with Gasteiger partial charge in [0.05, 0.1) is 11.3 Å². The van der Waals surface area contributed by atoms with Crippen LogP contribution >= 0.6 is 0 Å². The predicted octanol–water partition coefficient (Wildman–Crippen LogP) is 1.01. The summed E-state index contributed by atoms with van der Waals surface area (Å²) in [6, 6.07) is 6.87. The molecule has 0 saturated heterocycles. The van der Waals surface area contributed by atoms with Crippen LogP contribution in [-0.4, -0.2) is 15.9 Å². The SMILES string of the molecule is NNc1ccncc1C(=O)Nc1ccccn1. The van der Waals surface area contributed by atoms with Crippen LogP contribution in [0.1, 0.15) is 10.4 Å². The standard InChI is InChI=1S/C11H11N5O/c12-16-9-4-6-13-7-8(9)11(17)15-10-3-1-2-5-14-10/h1-7H,12H2,(H,13,16)(H,14,15,17). The number of carbonyl (C=O) groups is 1. The number of amides is 1. The number of aromatic nitrogens is 2. The molecule has 6 nitrogen and oxygen atoms in total. The first-order chi connectivity index (χ1) is 8.31. The highest BCUT2D eigenvalue weighted by Gasteiger charge is 2.11. The van der Waals surface area contributed by atoms with E-state index in [9.17, 15) is 4.79 Å². The first-order valence-electron chi connectivity index (χ1n) is 4.94. The Morgan fingerprint density at radius 2 is 2.12 bits per heavy atom. The second-order valence-electron chi connectivity index (χ2n) is 3.23. The van der Waals surface area contributed by atoms with Crippen molar-refractivity contribution < 1.29 is 4.79 Å². The van der Waals surface area contributed by atoms with Gasteiger partial charge in [-0.15, -0.1) is 0 Å². The second kappa shape index (κ2) is 5.04. The fourth-order valence-corrected chi connectivity index (χ4v) is 1.32. The van der Waals surface area contributed by atoms with Gasteiger partial charge < -0.3 is 10.7 Å². The van der Waals surface area contributed by atoms with Gasteiger partial charge in [0.2, 0.25) is 0 Å². The van der Waals surface area contributed by atoms with Crippen LogP contribution < -0.4 is 16.6 Å². The number of hydrazine groups is 1. The molecule has 0 radical (unpaired) electrons. The number of carbonyl (C=O) groups excluding carboxylic acids is 1. The quantitative estimate of drug-likeness (QED) is 0.539. The first kappa shape index (κ1) is 11.0. The first-order valence-corrected chi connectivity index (χ1v) is 4.94. The highest BCUT2D eigenvalue weighted by atomic mass is 16.1. The van der Waals surface area contributed by atoms with Gasteiger partial charge in [0.1, 0.15) is 5.82 Å². The third-order valence-electron chi connectivity index (χ3n) is 2.13. The van der Waals surface area contributed by atoms with Gasteiger partial charge in [-0.25, -0.2) is 4.98 Å². The van der Waals surface area contributed by atoms with E-state index >= 15 is 0 Å². The van der Waals surface area contributed by atoms with Gasteiger partial charge in [-0.3, -0.25) is 15.6 Å². The zero-order valence-corrected chi connectivity index (χ0v) is 8.92. The number of nitrogen functional groups attached to an aromatic ring is 1. The molecule has 6 heteroatoms. The van der Waals surface area contributed by atoms with Crippen LogP contribution in [0, 0.1) is 0 Å². The molecule has 2 aromatic rings. The number of nitrogens with one attached hydrogen (secondary N) is 2. The fourth-order valence-electron chi connectivity index (χ4n) is 1.32. The third-order valence-corrected chi connectivity index (χ3v) is 2.13. The molecule has 17 heavy (non-hydrogen) atoms. The van der Waals surface area contributed by atoms with Gasteiger partial charge in [0.25, 0.3) is 5.91 Å². The van der Waals surface area contributed by atoms with Gasteiger partial charge in [-0.2, -0.15) is 0 Å². The molecule has 0 aliphatic rings. The van der Waals surface area contributed by atoms with Gasteiger partial charge in [0, 0.05) is 18.6 Å². The van der Waals surface area contributed by atoms with Gasteiger partial charge in [-0.1, -0.05) is 6.07 Å². The Morgan fingerprint density at radius 1 is 1.24 bits per heavy atom. The third kappa shape index (κ3) is 2.56. The summed E-state index contributed by atoms with van der Waals surface area (Å²) in [6.07, 6.45) is 4.58. The lowest BCUT2D eigenvalue weighted by Gasteiger charge is -2.07. The van der Waals surface area contributed by atoms with Crippen molar-refractivity contribution in [2.24, 2.45) is 5.84 Å². The Kier molecular flexibility index (Phi) is 3.27. The lowest BCUT2D eigenvalue weighted by molar-refractivity contribution is 0.102. The number of rotatable bonds is 3. The number of pyridine rings is 2. The molecule has 0 bridgehead atoms. The molecule has 0 saturated carbocycles. The molecular weight excluding hydrogens is 218 g/mol. The number of nitrogens with two attached hydrogens (primary N) is 1. The molecule has 2 rings (SSSR count).